The number of quaternary nitrogens is 1. The fourth-order valence-electron chi connectivity index (χ4n) is 2.45. The van der Waals surface area contributed by atoms with Gasteiger partial charge in [-0.05, 0) is 31.2 Å². The van der Waals surface area contributed by atoms with Gasteiger partial charge in [-0.25, -0.2) is 0 Å². The molecule has 6 nitrogen and oxygen atoms in total. The molecule has 1 atom stereocenters. The first-order valence-corrected chi connectivity index (χ1v) is 9.53. The third kappa shape index (κ3) is 7.13. The quantitative estimate of drug-likeness (QED) is 0.606. The zero-order valence-electron chi connectivity index (χ0n) is 15.4. The van der Waals surface area contributed by atoms with Crippen molar-refractivity contribution in [1.29, 1.82) is 5.26 Å². The molecule has 0 aliphatic carbocycles. The molecule has 0 aromatic heterocycles. The smallest absolute Gasteiger partial charge is 0.279 e. The molecule has 2 aromatic rings. The maximum atomic E-state index is 12.3. The van der Waals surface area contributed by atoms with Crippen molar-refractivity contribution in [3.8, 4) is 6.07 Å². The standard InChI is InChI=1S/C20H22N4O2S/c1-15-7-9-16(10-8-15)22-19(25)13-24(2)14-20(26)23-17-5-3-4-6-18(17)27-12-11-21/h3-10H,12-14H2,1-2H3,(H,22,25)(H,23,26)/p+1. The Morgan fingerprint density at radius 2 is 1.67 bits per heavy atom. The normalized spacial score (nSPS) is 11.3. The molecule has 7 heteroatoms. The summed E-state index contributed by atoms with van der Waals surface area (Å²) < 4.78 is 0. The number of thioether (sulfide) groups is 1. The van der Waals surface area contributed by atoms with Crippen LogP contribution in [-0.4, -0.2) is 37.7 Å². The summed E-state index contributed by atoms with van der Waals surface area (Å²) in [5, 5.41) is 14.4. The van der Waals surface area contributed by atoms with E-state index >= 15 is 0 Å². The Morgan fingerprint density at radius 3 is 2.33 bits per heavy atom. The molecule has 2 aromatic carbocycles. The van der Waals surface area contributed by atoms with Crippen LogP contribution in [0.5, 0.6) is 0 Å². The van der Waals surface area contributed by atoms with Gasteiger partial charge in [0.05, 0.1) is 24.6 Å². The number of amides is 2. The van der Waals surface area contributed by atoms with Crippen molar-refractivity contribution in [2.45, 2.75) is 11.8 Å². The summed E-state index contributed by atoms with van der Waals surface area (Å²) in [7, 11) is 1.80. The summed E-state index contributed by atoms with van der Waals surface area (Å²) in [6, 6.07) is 17.0. The molecule has 2 rings (SSSR count). The number of hydrogen-bond acceptors (Lipinski definition) is 4. The van der Waals surface area contributed by atoms with Crippen molar-refractivity contribution >= 4 is 35.0 Å². The molecule has 0 aliphatic heterocycles. The van der Waals surface area contributed by atoms with E-state index in [2.05, 4.69) is 16.7 Å². The first kappa shape index (κ1) is 20.5. The van der Waals surface area contributed by atoms with E-state index < -0.39 is 0 Å². The SMILES string of the molecule is Cc1ccc(NC(=O)C[NH+](C)CC(=O)Nc2ccccc2SCC#N)cc1. The Balaban J connectivity index is 1.84. The third-order valence-electron chi connectivity index (χ3n) is 3.71. The van der Waals surface area contributed by atoms with Gasteiger partial charge in [0, 0.05) is 10.6 Å². The fourth-order valence-corrected chi connectivity index (χ4v) is 3.12. The van der Waals surface area contributed by atoms with Crippen LogP contribution in [-0.2, 0) is 9.59 Å². The molecule has 3 N–H and O–H groups in total. The number of benzene rings is 2. The highest BCUT2D eigenvalue weighted by Gasteiger charge is 2.15. The van der Waals surface area contributed by atoms with Crippen molar-refractivity contribution in [3.05, 3.63) is 54.1 Å². The number of anilines is 2. The van der Waals surface area contributed by atoms with Crippen molar-refractivity contribution in [3.63, 3.8) is 0 Å². The highest BCUT2D eigenvalue weighted by atomic mass is 32.2. The number of aryl methyl sites for hydroxylation is 1. The number of carbonyl (C=O) groups excluding carboxylic acids is 2. The van der Waals surface area contributed by atoms with Crippen LogP contribution in [0.4, 0.5) is 11.4 Å². The molecule has 27 heavy (non-hydrogen) atoms. The molecular weight excluding hydrogens is 360 g/mol. The molecule has 0 aliphatic rings. The zero-order valence-corrected chi connectivity index (χ0v) is 16.2. The maximum absolute atomic E-state index is 12.3. The summed E-state index contributed by atoms with van der Waals surface area (Å²) in [6.45, 7) is 2.34. The number of likely N-dealkylation sites (N-methyl/N-ethyl adjacent to an activating group) is 1. The van der Waals surface area contributed by atoms with Crippen LogP contribution in [0.25, 0.3) is 0 Å². The predicted octanol–water partition coefficient (Wildman–Crippen LogP) is 1.70. The molecule has 140 valence electrons. The van der Waals surface area contributed by atoms with Crippen molar-refractivity contribution in [2.75, 3.05) is 36.5 Å². The van der Waals surface area contributed by atoms with Crippen LogP contribution < -0.4 is 15.5 Å². The van der Waals surface area contributed by atoms with Crippen molar-refractivity contribution in [1.82, 2.24) is 0 Å². The molecule has 0 saturated carbocycles. The van der Waals surface area contributed by atoms with Crippen LogP contribution in [0.15, 0.2) is 53.4 Å². The molecule has 0 fully saturated rings. The number of para-hydroxylation sites is 1. The second-order valence-corrected chi connectivity index (χ2v) is 7.23. The number of carbonyl (C=O) groups is 2. The van der Waals surface area contributed by atoms with Gasteiger partial charge in [-0.1, -0.05) is 29.8 Å². The Bertz CT molecular complexity index is 831. The second-order valence-electron chi connectivity index (χ2n) is 6.22. The van der Waals surface area contributed by atoms with Gasteiger partial charge in [0.15, 0.2) is 13.1 Å². The average molecular weight is 383 g/mol. The van der Waals surface area contributed by atoms with E-state index in [-0.39, 0.29) is 24.9 Å². The van der Waals surface area contributed by atoms with Crippen LogP contribution in [0.2, 0.25) is 0 Å². The predicted molar refractivity (Wildman–Crippen MR) is 108 cm³/mol. The lowest BCUT2D eigenvalue weighted by Gasteiger charge is -2.15. The molecule has 0 saturated heterocycles. The van der Waals surface area contributed by atoms with E-state index in [0.29, 0.717) is 11.4 Å². The Hall–Kier alpha value is -2.82. The first-order chi connectivity index (χ1) is 13.0. The van der Waals surface area contributed by atoms with E-state index in [0.717, 1.165) is 21.0 Å². The van der Waals surface area contributed by atoms with Gasteiger partial charge in [-0.3, -0.25) is 9.59 Å². The minimum Gasteiger partial charge on any atom is -0.322 e. The summed E-state index contributed by atoms with van der Waals surface area (Å²) in [5.41, 5.74) is 2.55. The maximum Gasteiger partial charge on any atom is 0.279 e. The molecule has 0 radical (unpaired) electrons. The van der Waals surface area contributed by atoms with E-state index in [1.54, 1.807) is 13.1 Å². The van der Waals surface area contributed by atoms with Gasteiger partial charge < -0.3 is 15.5 Å². The summed E-state index contributed by atoms with van der Waals surface area (Å²) in [5.74, 6) is -0.00760. The Labute approximate surface area is 163 Å². The van der Waals surface area contributed by atoms with Gasteiger partial charge in [0.2, 0.25) is 0 Å². The van der Waals surface area contributed by atoms with Crippen molar-refractivity contribution < 1.29 is 14.5 Å². The summed E-state index contributed by atoms with van der Waals surface area (Å²) in [4.78, 5) is 26.0. The van der Waals surface area contributed by atoms with Gasteiger partial charge >= 0.3 is 0 Å². The summed E-state index contributed by atoms with van der Waals surface area (Å²) in [6.07, 6.45) is 0. The topological polar surface area (TPSA) is 86.4 Å². The minimum absolute atomic E-state index is 0.144. The molecule has 2 amide bonds. The second kappa shape index (κ2) is 10.4. The number of nitrogens with one attached hydrogen (secondary N) is 3. The van der Waals surface area contributed by atoms with Crippen LogP contribution >= 0.6 is 11.8 Å². The molecule has 1 unspecified atom stereocenters. The molecule has 0 spiro atoms. The van der Waals surface area contributed by atoms with E-state index in [4.69, 9.17) is 5.26 Å². The molecular formula is C20H23N4O2S+. The number of nitriles is 1. The van der Waals surface area contributed by atoms with Gasteiger partial charge in [0.1, 0.15) is 0 Å². The van der Waals surface area contributed by atoms with Gasteiger partial charge in [0.25, 0.3) is 11.8 Å². The Morgan fingerprint density at radius 1 is 1.04 bits per heavy atom. The molecule has 0 heterocycles. The lowest BCUT2D eigenvalue weighted by atomic mass is 10.2. The van der Waals surface area contributed by atoms with E-state index in [1.807, 2.05) is 49.4 Å². The first-order valence-electron chi connectivity index (χ1n) is 8.54. The highest BCUT2D eigenvalue weighted by molar-refractivity contribution is 7.99. The number of rotatable bonds is 8. The van der Waals surface area contributed by atoms with Gasteiger partial charge in [-0.2, -0.15) is 5.26 Å². The zero-order chi connectivity index (χ0) is 19.6. The van der Waals surface area contributed by atoms with E-state index in [1.165, 1.54) is 11.8 Å². The fraction of sp³-hybridized carbons (Fsp3) is 0.250. The van der Waals surface area contributed by atoms with Crippen LogP contribution in [0, 0.1) is 18.3 Å². The largest absolute Gasteiger partial charge is 0.322 e. The lowest BCUT2D eigenvalue weighted by molar-refractivity contribution is -0.862. The third-order valence-corrected chi connectivity index (χ3v) is 4.65. The van der Waals surface area contributed by atoms with Crippen molar-refractivity contribution in [2.24, 2.45) is 0 Å². The molecule has 0 bridgehead atoms. The summed E-state index contributed by atoms with van der Waals surface area (Å²) >= 11 is 1.37. The number of hydrogen-bond donors (Lipinski definition) is 3. The van der Waals surface area contributed by atoms with Crippen LogP contribution in [0.1, 0.15) is 5.56 Å². The monoisotopic (exact) mass is 383 g/mol. The lowest BCUT2D eigenvalue weighted by Crippen LogP contribution is -3.11. The Kier molecular flexibility index (Phi) is 7.86. The highest BCUT2D eigenvalue weighted by Crippen LogP contribution is 2.26. The average Bonchev–Trinajstić information content (AvgIpc) is 2.62. The van der Waals surface area contributed by atoms with Crippen LogP contribution in [0.3, 0.4) is 0 Å². The number of nitrogens with zero attached hydrogens (tertiary/aromatic N) is 1. The van der Waals surface area contributed by atoms with Gasteiger partial charge in [-0.15, -0.1) is 11.8 Å². The minimum atomic E-state index is -0.180. The van der Waals surface area contributed by atoms with E-state index in [9.17, 15) is 9.59 Å².